The molecule has 2 rings (SSSR count). The number of nitrogens with two attached hydrogens (primary N) is 1. The van der Waals surface area contributed by atoms with Crippen molar-refractivity contribution in [2.24, 2.45) is 5.73 Å². The molecule has 0 bridgehead atoms. The van der Waals surface area contributed by atoms with Crippen molar-refractivity contribution in [3.05, 3.63) is 16.8 Å². The van der Waals surface area contributed by atoms with Crippen molar-refractivity contribution in [3.8, 4) is 5.75 Å². The summed E-state index contributed by atoms with van der Waals surface area (Å²) in [5, 5.41) is 3.02. The van der Waals surface area contributed by atoms with Crippen molar-refractivity contribution >= 4 is 23.3 Å². The number of fused-ring (bicyclic) bond motifs is 1. The summed E-state index contributed by atoms with van der Waals surface area (Å²) in [4.78, 5) is 15.0. The second kappa shape index (κ2) is 3.43. The maximum atomic E-state index is 11.0. The minimum absolute atomic E-state index is 0.00696. The van der Waals surface area contributed by atoms with Gasteiger partial charge in [0.15, 0.2) is 18.2 Å². The number of ether oxygens (including phenoxy) is 1. The highest BCUT2D eigenvalue weighted by molar-refractivity contribution is 6.31. The molecule has 0 atom stereocenters. The van der Waals surface area contributed by atoms with Gasteiger partial charge in [0.25, 0.3) is 5.91 Å². The number of nitrogens with zero attached hydrogens (tertiary/aromatic N) is 1. The van der Waals surface area contributed by atoms with Crippen LogP contribution >= 0.6 is 11.6 Å². The van der Waals surface area contributed by atoms with Crippen molar-refractivity contribution in [1.29, 1.82) is 0 Å². The van der Waals surface area contributed by atoms with Crippen molar-refractivity contribution in [2.75, 3.05) is 11.9 Å². The van der Waals surface area contributed by atoms with Crippen LogP contribution in [0.25, 0.3) is 0 Å². The zero-order chi connectivity index (χ0) is 10.1. The van der Waals surface area contributed by atoms with Gasteiger partial charge in [0.2, 0.25) is 0 Å². The summed E-state index contributed by atoms with van der Waals surface area (Å²) in [6.07, 6.45) is 0. The lowest BCUT2D eigenvalue weighted by atomic mass is 10.3. The number of carbonyl (C=O) groups is 1. The molecule has 0 spiro atoms. The summed E-state index contributed by atoms with van der Waals surface area (Å²) < 4.78 is 5.12. The molecular weight excluding hydrogens is 206 g/mol. The Kier molecular flexibility index (Phi) is 2.26. The van der Waals surface area contributed by atoms with Gasteiger partial charge in [0.05, 0.1) is 10.7 Å². The molecule has 2 heterocycles. The standard InChI is InChI=1S/C8H8ClN3O2/c9-4-1-6-8(11-5(4)2-10)12-7(13)3-14-6/h1H,2-3,10H2,(H,11,12,13). The van der Waals surface area contributed by atoms with E-state index in [1.165, 1.54) is 0 Å². The lowest BCUT2D eigenvalue weighted by Crippen LogP contribution is -2.26. The summed E-state index contributed by atoms with van der Waals surface area (Å²) in [5.41, 5.74) is 5.96. The number of hydrogen-bond donors (Lipinski definition) is 2. The molecule has 1 aromatic rings. The van der Waals surface area contributed by atoms with Gasteiger partial charge in [-0.1, -0.05) is 11.6 Å². The molecule has 6 heteroatoms. The average Bonchev–Trinajstić information content (AvgIpc) is 2.17. The van der Waals surface area contributed by atoms with Crippen LogP contribution in [0.5, 0.6) is 5.75 Å². The molecule has 0 aliphatic carbocycles. The van der Waals surface area contributed by atoms with Crippen LogP contribution in [0, 0.1) is 0 Å². The minimum Gasteiger partial charge on any atom is -0.480 e. The third-order valence-corrected chi connectivity index (χ3v) is 2.15. The Hall–Kier alpha value is -1.33. The van der Waals surface area contributed by atoms with Gasteiger partial charge in [-0.25, -0.2) is 4.98 Å². The topological polar surface area (TPSA) is 77.2 Å². The van der Waals surface area contributed by atoms with Crippen molar-refractivity contribution < 1.29 is 9.53 Å². The summed E-state index contributed by atoms with van der Waals surface area (Å²) >= 11 is 5.86. The first-order chi connectivity index (χ1) is 6.70. The van der Waals surface area contributed by atoms with Crippen molar-refractivity contribution in [3.63, 3.8) is 0 Å². The van der Waals surface area contributed by atoms with Crippen LogP contribution in [0.15, 0.2) is 6.07 Å². The van der Waals surface area contributed by atoms with Crippen LogP contribution in [0.4, 0.5) is 5.82 Å². The Balaban J connectivity index is 2.46. The van der Waals surface area contributed by atoms with E-state index in [0.29, 0.717) is 22.3 Å². The Morgan fingerprint density at radius 3 is 3.21 bits per heavy atom. The molecule has 3 N–H and O–H groups in total. The third kappa shape index (κ3) is 1.51. The number of hydrogen-bond acceptors (Lipinski definition) is 4. The number of anilines is 1. The van der Waals surface area contributed by atoms with E-state index >= 15 is 0 Å². The van der Waals surface area contributed by atoms with E-state index in [1.54, 1.807) is 6.07 Å². The largest absolute Gasteiger partial charge is 0.480 e. The monoisotopic (exact) mass is 213 g/mol. The molecule has 1 aliphatic rings. The lowest BCUT2D eigenvalue weighted by molar-refractivity contribution is -0.118. The number of halogens is 1. The molecule has 1 amide bonds. The predicted molar refractivity (Wildman–Crippen MR) is 51.3 cm³/mol. The summed E-state index contributed by atoms with van der Waals surface area (Å²) in [6.45, 7) is 0.217. The van der Waals surface area contributed by atoms with Gasteiger partial charge in [0, 0.05) is 12.6 Å². The van der Waals surface area contributed by atoms with Gasteiger partial charge in [-0.15, -0.1) is 0 Å². The zero-order valence-electron chi connectivity index (χ0n) is 7.21. The molecule has 0 saturated heterocycles. The van der Waals surface area contributed by atoms with Crippen LogP contribution in [-0.4, -0.2) is 17.5 Å². The highest BCUT2D eigenvalue weighted by Gasteiger charge is 2.18. The molecule has 0 radical (unpaired) electrons. The van der Waals surface area contributed by atoms with Gasteiger partial charge < -0.3 is 15.8 Å². The summed E-state index contributed by atoms with van der Waals surface area (Å²) in [5.74, 6) is 0.633. The number of pyridine rings is 1. The van der Waals surface area contributed by atoms with Gasteiger partial charge in [-0.2, -0.15) is 0 Å². The third-order valence-electron chi connectivity index (χ3n) is 1.82. The zero-order valence-corrected chi connectivity index (χ0v) is 7.97. The predicted octanol–water partition coefficient (Wildman–Crippen LogP) is 0.525. The van der Waals surface area contributed by atoms with Gasteiger partial charge >= 0.3 is 0 Å². The maximum absolute atomic E-state index is 11.0. The van der Waals surface area contributed by atoms with E-state index in [2.05, 4.69) is 10.3 Å². The molecule has 0 saturated carbocycles. The number of nitrogens with one attached hydrogen (secondary N) is 1. The Bertz CT molecular complexity index is 394. The van der Waals surface area contributed by atoms with Crippen LogP contribution < -0.4 is 15.8 Å². The fraction of sp³-hybridized carbons (Fsp3) is 0.250. The Labute approximate surface area is 85.2 Å². The molecule has 1 aromatic heterocycles. The van der Waals surface area contributed by atoms with E-state index in [0.717, 1.165) is 0 Å². The maximum Gasteiger partial charge on any atom is 0.263 e. The Morgan fingerprint density at radius 2 is 2.50 bits per heavy atom. The molecule has 74 valence electrons. The van der Waals surface area contributed by atoms with E-state index in [4.69, 9.17) is 22.1 Å². The Morgan fingerprint density at radius 1 is 1.71 bits per heavy atom. The number of rotatable bonds is 1. The second-order valence-corrected chi connectivity index (χ2v) is 3.21. The fourth-order valence-electron chi connectivity index (χ4n) is 1.16. The first kappa shape index (κ1) is 9.23. The van der Waals surface area contributed by atoms with Crippen molar-refractivity contribution in [1.82, 2.24) is 4.98 Å². The summed E-state index contributed by atoms with van der Waals surface area (Å²) in [6, 6.07) is 1.60. The van der Waals surface area contributed by atoms with Gasteiger partial charge in [0.1, 0.15) is 0 Å². The van der Waals surface area contributed by atoms with Gasteiger partial charge in [-0.05, 0) is 0 Å². The fourth-order valence-corrected chi connectivity index (χ4v) is 1.38. The lowest BCUT2D eigenvalue weighted by Gasteiger charge is -2.17. The van der Waals surface area contributed by atoms with E-state index in [9.17, 15) is 4.79 Å². The highest BCUT2D eigenvalue weighted by Crippen LogP contribution is 2.30. The normalized spacial score (nSPS) is 14.3. The number of amides is 1. The van der Waals surface area contributed by atoms with Crippen LogP contribution in [0.2, 0.25) is 5.02 Å². The molecule has 5 nitrogen and oxygen atoms in total. The SMILES string of the molecule is NCc1nc2c(cc1Cl)OCC(=O)N2. The molecule has 0 aromatic carbocycles. The smallest absolute Gasteiger partial charge is 0.263 e. The molecule has 14 heavy (non-hydrogen) atoms. The van der Waals surface area contributed by atoms with Crippen LogP contribution in [0.1, 0.15) is 5.69 Å². The van der Waals surface area contributed by atoms with E-state index in [-0.39, 0.29) is 19.1 Å². The first-order valence-corrected chi connectivity index (χ1v) is 4.40. The van der Waals surface area contributed by atoms with Crippen LogP contribution in [-0.2, 0) is 11.3 Å². The van der Waals surface area contributed by atoms with Crippen molar-refractivity contribution in [2.45, 2.75) is 6.54 Å². The van der Waals surface area contributed by atoms with Gasteiger partial charge in [-0.3, -0.25) is 4.79 Å². The molecular formula is C8H8ClN3O2. The highest BCUT2D eigenvalue weighted by atomic mass is 35.5. The van der Waals surface area contributed by atoms with E-state index in [1.807, 2.05) is 0 Å². The number of aromatic nitrogens is 1. The molecule has 0 fully saturated rings. The quantitative estimate of drug-likeness (QED) is 0.713. The second-order valence-electron chi connectivity index (χ2n) is 2.80. The molecule has 1 aliphatic heterocycles. The summed E-state index contributed by atoms with van der Waals surface area (Å²) in [7, 11) is 0. The number of carbonyl (C=O) groups excluding carboxylic acids is 1. The minimum atomic E-state index is -0.227. The van der Waals surface area contributed by atoms with Crippen LogP contribution in [0.3, 0.4) is 0 Å². The first-order valence-electron chi connectivity index (χ1n) is 4.03. The van der Waals surface area contributed by atoms with E-state index < -0.39 is 0 Å². The average molecular weight is 214 g/mol. The molecule has 0 unspecified atom stereocenters.